The van der Waals surface area contributed by atoms with Crippen molar-refractivity contribution in [3.05, 3.63) is 83.9 Å². The number of primary sulfonamides is 1. The highest BCUT2D eigenvalue weighted by atomic mass is 32.2. The third-order valence-corrected chi connectivity index (χ3v) is 6.51. The van der Waals surface area contributed by atoms with Gasteiger partial charge >= 0.3 is 0 Å². The molecule has 1 atom stereocenters. The molecule has 0 saturated carbocycles. The van der Waals surface area contributed by atoms with Crippen molar-refractivity contribution in [2.24, 2.45) is 10.2 Å². The van der Waals surface area contributed by atoms with Crippen LogP contribution in [-0.4, -0.2) is 41.6 Å². The van der Waals surface area contributed by atoms with Gasteiger partial charge in [0.2, 0.25) is 10.0 Å². The van der Waals surface area contributed by atoms with Crippen molar-refractivity contribution < 1.29 is 22.6 Å². The molecule has 0 spiro atoms. The van der Waals surface area contributed by atoms with Crippen molar-refractivity contribution in [3.63, 3.8) is 0 Å². The Morgan fingerprint density at radius 3 is 2.15 bits per heavy atom. The molecule has 3 aromatic rings. The highest BCUT2D eigenvalue weighted by Crippen LogP contribution is 2.37. The fourth-order valence-corrected chi connectivity index (χ4v) is 4.30. The second kappa shape index (κ2) is 10.3. The molecular weight excluding hydrogens is 454 g/mol. The Balaban J connectivity index is 1.65. The molecule has 1 aliphatic rings. The van der Waals surface area contributed by atoms with Crippen LogP contribution in [0.25, 0.3) is 0 Å². The SMILES string of the molecule is COCCOc1ccc(C2CC(c3ccc(OC)cc3)=NN2c2ccc(S(N)(=O)=O)cc2)cc1. The highest BCUT2D eigenvalue weighted by molar-refractivity contribution is 7.89. The number of rotatable bonds is 9. The van der Waals surface area contributed by atoms with Crippen LogP contribution in [0.1, 0.15) is 23.6 Å². The first kappa shape index (κ1) is 23.7. The Labute approximate surface area is 199 Å². The van der Waals surface area contributed by atoms with Crippen LogP contribution in [0.15, 0.2) is 82.8 Å². The van der Waals surface area contributed by atoms with Crippen LogP contribution in [0.4, 0.5) is 5.69 Å². The molecule has 1 heterocycles. The van der Waals surface area contributed by atoms with E-state index in [0.29, 0.717) is 19.6 Å². The van der Waals surface area contributed by atoms with E-state index in [4.69, 9.17) is 24.5 Å². The number of benzene rings is 3. The van der Waals surface area contributed by atoms with Gasteiger partial charge in [0.25, 0.3) is 0 Å². The smallest absolute Gasteiger partial charge is 0.238 e. The highest BCUT2D eigenvalue weighted by Gasteiger charge is 2.30. The number of methoxy groups -OCH3 is 2. The minimum absolute atomic E-state index is 0.0592. The maximum atomic E-state index is 11.7. The van der Waals surface area contributed by atoms with Gasteiger partial charge in [-0.1, -0.05) is 12.1 Å². The summed E-state index contributed by atoms with van der Waals surface area (Å²) in [5, 5.41) is 12.1. The quantitative estimate of drug-likeness (QED) is 0.467. The summed E-state index contributed by atoms with van der Waals surface area (Å²) in [6.07, 6.45) is 0.674. The lowest BCUT2D eigenvalue weighted by Gasteiger charge is -2.24. The fraction of sp³-hybridized carbons (Fsp3) is 0.240. The molecule has 34 heavy (non-hydrogen) atoms. The summed E-state index contributed by atoms with van der Waals surface area (Å²) in [6.45, 7) is 0.998. The number of sulfonamides is 1. The molecule has 0 fully saturated rings. The predicted molar refractivity (Wildman–Crippen MR) is 131 cm³/mol. The topological polar surface area (TPSA) is 103 Å². The summed E-state index contributed by atoms with van der Waals surface area (Å²) in [7, 11) is -0.504. The van der Waals surface area contributed by atoms with Crippen LogP contribution in [0.2, 0.25) is 0 Å². The van der Waals surface area contributed by atoms with Gasteiger partial charge in [0.1, 0.15) is 18.1 Å². The zero-order chi connectivity index (χ0) is 24.1. The van der Waals surface area contributed by atoms with Crippen molar-refractivity contribution in [3.8, 4) is 11.5 Å². The average Bonchev–Trinajstić information content (AvgIpc) is 3.30. The first-order chi connectivity index (χ1) is 16.4. The molecule has 1 unspecified atom stereocenters. The zero-order valence-electron chi connectivity index (χ0n) is 19.0. The molecule has 0 saturated heterocycles. The van der Waals surface area contributed by atoms with Gasteiger partial charge < -0.3 is 14.2 Å². The van der Waals surface area contributed by atoms with Gasteiger partial charge in [0.05, 0.1) is 36.1 Å². The van der Waals surface area contributed by atoms with E-state index < -0.39 is 10.0 Å². The molecule has 8 nitrogen and oxygen atoms in total. The first-order valence-corrected chi connectivity index (χ1v) is 12.3. The second-order valence-electron chi connectivity index (χ2n) is 7.79. The Hall–Kier alpha value is -3.40. The van der Waals surface area contributed by atoms with Crippen LogP contribution in [-0.2, 0) is 14.8 Å². The van der Waals surface area contributed by atoms with Crippen LogP contribution in [0.3, 0.4) is 0 Å². The number of nitrogens with two attached hydrogens (primary N) is 1. The molecule has 3 aromatic carbocycles. The molecular formula is C25H27N3O5S. The number of anilines is 1. The van der Waals surface area contributed by atoms with Gasteiger partial charge in [0.15, 0.2) is 0 Å². The minimum atomic E-state index is -3.77. The van der Waals surface area contributed by atoms with E-state index in [-0.39, 0.29) is 10.9 Å². The molecule has 0 amide bonds. The largest absolute Gasteiger partial charge is 0.497 e. The van der Waals surface area contributed by atoms with E-state index >= 15 is 0 Å². The molecule has 1 aliphatic heterocycles. The summed E-state index contributed by atoms with van der Waals surface area (Å²) in [4.78, 5) is 0.0592. The molecule has 178 valence electrons. The molecule has 4 rings (SSSR count). The van der Waals surface area contributed by atoms with Crippen LogP contribution >= 0.6 is 0 Å². The van der Waals surface area contributed by atoms with Gasteiger partial charge in [0, 0.05) is 13.5 Å². The third kappa shape index (κ3) is 5.39. The lowest BCUT2D eigenvalue weighted by Crippen LogP contribution is -2.19. The van der Waals surface area contributed by atoms with E-state index in [1.54, 1.807) is 26.4 Å². The van der Waals surface area contributed by atoms with E-state index in [9.17, 15) is 8.42 Å². The summed E-state index contributed by atoms with van der Waals surface area (Å²) in [5.74, 6) is 1.54. The number of hydrogen-bond acceptors (Lipinski definition) is 7. The van der Waals surface area contributed by atoms with Crippen molar-refractivity contribution in [2.45, 2.75) is 17.4 Å². The summed E-state index contributed by atoms with van der Waals surface area (Å²) < 4.78 is 39.3. The Morgan fingerprint density at radius 1 is 0.912 bits per heavy atom. The number of hydrogen-bond donors (Lipinski definition) is 1. The van der Waals surface area contributed by atoms with Crippen LogP contribution < -0.4 is 19.6 Å². The van der Waals surface area contributed by atoms with E-state index in [0.717, 1.165) is 34.0 Å². The standard InChI is InChI=1S/C25H27N3O5S/c1-31-15-16-33-22-11-5-19(6-12-22)25-17-24(18-3-9-21(32-2)10-4-18)27-28(25)20-7-13-23(14-8-20)34(26,29)30/h3-14,25H,15-17H2,1-2H3,(H2,26,29,30). The van der Waals surface area contributed by atoms with Crippen molar-refractivity contribution >= 4 is 21.4 Å². The van der Waals surface area contributed by atoms with E-state index in [1.165, 1.54) is 12.1 Å². The summed E-state index contributed by atoms with van der Waals surface area (Å²) in [5.41, 5.74) is 3.74. The van der Waals surface area contributed by atoms with E-state index in [1.807, 2.05) is 53.5 Å². The van der Waals surface area contributed by atoms with Gasteiger partial charge in [-0.3, -0.25) is 5.01 Å². The molecule has 0 radical (unpaired) electrons. The maximum absolute atomic E-state index is 11.7. The maximum Gasteiger partial charge on any atom is 0.238 e. The van der Waals surface area contributed by atoms with Gasteiger partial charge in [-0.15, -0.1) is 0 Å². The molecule has 0 aromatic heterocycles. The summed E-state index contributed by atoms with van der Waals surface area (Å²) >= 11 is 0. The lowest BCUT2D eigenvalue weighted by atomic mass is 9.98. The Bertz CT molecular complexity index is 1240. The molecule has 9 heteroatoms. The molecule has 2 N–H and O–H groups in total. The predicted octanol–water partition coefficient (Wildman–Crippen LogP) is 3.72. The first-order valence-electron chi connectivity index (χ1n) is 10.7. The second-order valence-corrected chi connectivity index (χ2v) is 9.35. The van der Waals surface area contributed by atoms with Crippen LogP contribution in [0, 0.1) is 0 Å². The van der Waals surface area contributed by atoms with Crippen molar-refractivity contribution in [1.82, 2.24) is 0 Å². The van der Waals surface area contributed by atoms with Crippen LogP contribution in [0.5, 0.6) is 11.5 Å². The normalized spacial score (nSPS) is 15.8. The van der Waals surface area contributed by atoms with Gasteiger partial charge in [-0.05, 0) is 71.8 Å². The number of hydrazone groups is 1. The number of ether oxygens (including phenoxy) is 3. The third-order valence-electron chi connectivity index (χ3n) is 5.58. The summed E-state index contributed by atoms with van der Waals surface area (Å²) in [6, 6.07) is 22.0. The van der Waals surface area contributed by atoms with Crippen molar-refractivity contribution in [2.75, 3.05) is 32.4 Å². The Kier molecular flexibility index (Phi) is 7.16. The fourth-order valence-electron chi connectivity index (χ4n) is 3.78. The molecule has 0 aliphatic carbocycles. The van der Waals surface area contributed by atoms with Gasteiger partial charge in [-0.2, -0.15) is 5.10 Å². The van der Waals surface area contributed by atoms with Gasteiger partial charge in [-0.25, -0.2) is 13.6 Å². The minimum Gasteiger partial charge on any atom is -0.497 e. The number of nitrogens with zero attached hydrogens (tertiary/aromatic N) is 2. The van der Waals surface area contributed by atoms with E-state index in [2.05, 4.69) is 0 Å². The molecule has 0 bridgehead atoms. The van der Waals surface area contributed by atoms with Crippen molar-refractivity contribution in [1.29, 1.82) is 0 Å². The zero-order valence-corrected chi connectivity index (χ0v) is 19.9. The Morgan fingerprint density at radius 2 is 1.56 bits per heavy atom. The average molecular weight is 482 g/mol. The lowest BCUT2D eigenvalue weighted by molar-refractivity contribution is 0.146. The monoisotopic (exact) mass is 481 g/mol.